The third-order valence-corrected chi connectivity index (χ3v) is 5.13. The molecule has 0 aromatic heterocycles. The first kappa shape index (κ1) is 24.6. The Morgan fingerprint density at radius 3 is 2.37 bits per heavy atom. The highest BCUT2D eigenvalue weighted by molar-refractivity contribution is 5.80. The monoisotopic (exact) mass is 435 g/mol. The highest BCUT2D eigenvalue weighted by Gasteiger charge is 2.34. The van der Waals surface area contributed by atoms with Crippen molar-refractivity contribution in [1.29, 1.82) is 0 Å². The van der Waals surface area contributed by atoms with E-state index in [0.29, 0.717) is 57.6 Å². The molecule has 0 spiro atoms. The fraction of sp³-hybridized carbons (Fsp3) is 0.900. The van der Waals surface area contributed by atoms with Gasteiger partial charge in [-0.1, -0.05) is 0 Å². The molecule has 2 aliphatic rings. The summed E-state index contributed by atoms with van der Waals surface area (Å²) in [5.41, 5.74) is -0.499. The van der Waals surface area contributed by atoms with Crippen LogP contribution in [0.5, 0.6) is 0 Å². The quantitative estimate of drug-likeness (QED) is 0.513. The van der Waals surface area contributed by atoms with Crippen LogP contribution in [0.25, 0.3) is 0 Å². The lowest BCUT2D eigenvalue weighted by Crippen LogP contribution is -2.45. The summed E-state index contributed by atoms with van der Waals surface area (Å²) < 4.78 is 43.1. The van der Waals surface area contributed by atoms with Gasteiger partial charge in [-0.15, -0.1) is 0 Å². The summed E-state index contributed by atoms with van der Waals surface area (Å²) in [6, 6.07) is -0.0424. The Labute approximate surface area is 177 Å². The van der Waals surface area contributed by atoms with Crippen molar-refractivity contribution in [2.75, 3.05) is 45.8 Å². The number of guanidine groups is 1. The Morgan fingerprint density at radius 1 is 1.13 bits per heavy atom. The van der Waals surface area contributed by atoms with Gasteiger partial charge >= 0.3 is 12.3 Å². The Bertz CT molecular complexity index is 584. The zero-order valence-corrected chi connectivity index (χ0v) is 18.5. The molecule has 1 atom stereocenters. The van der Waals surface area contributed by atoms with Crippen LogP contribution >= 0.6 is 0 Å². The molecular formula is C20H36F3N5O2. The van der Waals surface area contributed by atoms with Gasteiger partial charge < -0.3 is 20.3 Å². The van der Waals surface area contributed by atoms with Crippen LogP contribution in [0, 0.1) is 5.92 Å². The Balaban J connectivity index is 1.78. The van der Waals surface area contributed by atoms with Gasteiger partial charge in [-0.3, -0.25) is 9.89 Å². The van der Waals surface area contributed by atoms with Crippen LogP contribution < -0.4 is 10.6 Å². The second-order valence-electron chi connectivity index (χ2n) is 9.11. The maximum atomic E-state index is 12.6. The van der Waals surface area contributed by atoms with Gasteiger partial charge in [0.25, 0.3) is 0 Å². The summed E-state index contributed by atoms with van der Waals surface area (Å²) >= 11 is 0. The van der Waals surface area contributed by atoms with Crippen LogP contribution in [0.15, 0.2) is 4.99 Å². The Hall–Kier alpha value is -1.71. The van der Waals surface area contributed by atoms with Crippen LogP contribution in [-0.4, -0.2) is 85.5 Å². The highest BCUT2D eigenvalue weighted by Crippen LogP contribution is 2.21. The van der Waals surface area contributed by atoms with Gasteiger partial charge in [-0.25, -0.2) is 4.79 Å². The van der Waals surface area contributed by atoms with Crippen molar-refractivity contribution in [3.8, 4) is 0 Å². The van der Waals surface area contributed by atoms with Gasteiger partial charge in [0, 0.05) is 45.3 Å². The zero-order valence-electron chi connectivity index (χ0n) is 18.5. The molecule has 0 saturated carbocycles. The number of carbonyl (C=O) groups excluding carboxylic acids is 1. The predicted molar refractivity (Wildman–Crippen MR) is 111 cm³/mol. The molecule has 1 unspecified atom stereocenters. The van der Waals surface area contributed by atoms with E-state index in [0.717, 1.165) is 12.8 Å². The van der Waals surface area contributed by atoms with E-state index >= 15 is 0 Å². The van der Waals surface area contributed by atoms with E-state index in [1.54, 1.807) is 4.90 Å². The van der Waals surface area contributed by atoms with Crippen molar-refractivity contribution in [2.45, 2.75) is 64.8 Å². The lowest BCUT2D eigenvalue weighted by molar-refractivity contribution is -0.143. The van der Waals surface area contributed by atoms with Crippen LogP contribution in [0.2, 0.25) is 0 Å². The third-order valence-electron chi connectivity index (χ3n) is 5.13. The first-order chi connectivity index (χ1) is 13.9. The van der Waals surface area contributed by atoms with Crippen molar-refractivity contribution < 1.29 is 22.7 Å². The van der Waals surface area contributed by atoms with Gasteiger partial charge in [0.2, 0.25) is 0 Å². The van der Waals surface area contributed by atoms with E-state index < -0.39 is 18.3 Å². The lowest BCUT2D eigenvalue weighted by Gasteiger charge is -2.33. The average molecular weight is 436 g/mol. The largest absolute Gasteiger partial charge is 0.444 e. The number of hydrogen-bond donors (Lipinski definition) is 2. The maximum Gasteiger partial charge on any atom is 0.410 e. The molecule has 2 rings (SSSR count). The van der Waals surface area contributed by atoms with E-state index in [9.17, 15) is 18.0 Å². The molecule has 0 aliphatic carbocycles. The minimum Gasteiger partial charge on any atom is -0.444 e. The van der Waals surface area contributed by atoms with Crippen molar-refractivity contribution in [2.24, 2.45) is 10.9 Å². The number of nitrogens with zero attached hydrogens (tertiary/aromatic N) is 3. The molecule has 0 bridgehead atoms. The molecule has 1 amide bonds. The molecule has 7 nitrogen and oxygen atoms in total. The second-order valence-corrected chi connectivity index (χ2v) is 9.11. The number of amides is 1. The number of alkyl halides is 3. The molecule has 2 saturated heterocycles. The van der Waals surface area contributed by atoms with Gasteiger partial charge in [0.15, 0.2) is 5.96 Å². The number of halogens is 3. The van der Waals surface area contributed by atoms with Crippen LogP contribution in [0.1, 0.15) is 47.0 Å². The minimum atomic E-state index is -4.17. The molecule has 10 heteroatoms. The van der Waals surface area contributed by atoms with Gasteiger partial charge in [0.05, 0.1) is 6.54 Å². The van der Waals surface area contributed by atoms with E-state index in [1.165, 1.54) is 4.90 Å². The van der Waals surface area contributed by atoms with Crippen molar-refractivity contribution in [3.05, 3.63) is 0 Å². The number of ether oxygens (including phenoxy) is 1. The number of piperidine rings is 1. The molecular weight excluding hydrogens is 399 g/mol. The van der Waals surface area contributed by atoms with Crippen LogP contribution in [0.4, 0.5) is 18.0 Å². The van der Waals surface area contributed by atoms with Crippen LogP contribution in [0.3, 0.4) is 0 Å². The highest BCUT2D eigenvalue weighted by atomic mass is 19.4. The molecule has 0 aromatic rings. The Kier molecular flexibility index (Phi) is 8.63. The van der Waals surface area contributed by atoms with Crippen molar-refractivity contribution in [1.82, 2.24) is 20.4 Å². The minimum absolute atomic E-state index is 0.0424. The van der Waals surface area contributed by atoms with Crippen LogP contribution in [-0.2, 0) is 4.74 Å². The number of carbonyl (C=O) groups is 1. The number of aliphatic imine (C=N–C) groups is 1. The summed E-state index contributed by atoms with van der Waals surface area (Å²) in [4.78, 5) is 20.0. The van der Waals surface area contributed by atoms with E-state index in [4.69, 9.17) is 4.74 Å². The number of likely N-dealkylation sites (tertiary alicyclic amines) is 2. The number of nitrogens with one attached hydrogen (secondary N) is 2. The summed E-state index contributed by atoms with van der Waals surface area (Å²) in [6.07, 6.45) is -2.07. The SMILES string of the molecule is CCNC(=NCC1CCN(C(=O)OC(C)(C)C)CC1)NC1CCN(CC(F)(F)F)C1. The van der Waals surface area contributed by atoms with Gasteiger partial charge in [-0.2, -0.15) is 13.2 Å². The zero-order chi connectivity index (χ0) is 22.4. The number of rotatable bonds is 5. The first-order valence-corrected chi connectivity index (χ1v) is 10.8. The number of hydrogen-bond acceptors (Lipinski definition) is 4. The maximum absolute atomic E-state index is 12.6. The molecule has 2 heterocycles. The molecule has 0 radical (unpaired) electrons. The van der Waals surface area contributed by atoms with Gasteiger partial charge in [-0.05, 0) is 52.9 Å². The smallest absolute Gasteiger partial charge is 0.410 e. The van der Waals surface area contributed by atoms with Gasteiger partial charge in [0.1, 0.15) is 5.60 Å². The normalized spacial score (nSPS) is 22.3. The summed E-state index contributed by atoms with van der Waals surface area (Å²) in [6.45, 7) is 10.0. The van der Waals surface area contributed by atoms with Crippen molar-refractivity contribution in [3.63, 3.8) is 0 Å². The topological polar surface area (TPSA) is 69.2 Å². The predicted octanol–water partition coefficient (Wildman–Crippen LogP) is 2.83. The van der Waals surface area contributed by atoms with E-state index in [1.807, 2.05) is 27.7 Å². The molecule has 174 valence electrons. The fourth-order valence-electron chi connectivity index (χ4n) is 3.71. The lowest BCUT2D eigenvalue weighted by atomic mass is 9.97. The molecule has 30 heavy (non-hydrogen) atoms. The molecule has 2 aliphatic heterocycles. The first-order valence-electron chi connectivity index (χ1n) is 10.8. The Morgan fingerprint density at radius 2 is 1.80 bits per heavy atom. The second kappa shape index (κ2) is 10.5. The summed E-state index contributed by atoms with van der Waals surface area (Å²) in [7, 11) is 0. The molecule has 2 N–H and O–H groups in total. The molecule has 2 fully saturated rings. The van der Waals surface area contributed by atoms with E-state index in [2.05, 4.69) is 15.6 Å². The van der Waals surface area contributed by atoms with Crippen molar-refractivity contribution >= 4 is 12.1 Å². The average Bonchev–Trinajstić information content (AvgIpc) is 3.03. The fourth-order valence-corrected chi connectivity index (χ4v) is 3.71. The molecule has 0 aromatic carbocycles. The van der Waals surface area contributed by atoms with E-state index in [-0.39, 0.29) is 12.1 Å². The summed E-state index contributed by atoms with van der Waals surface area (Å²) in [5.74, 6) is 1.01. The summed E-state index contributed by atoms with van der Waals surface area (Å²) in [5, 5.41) is 6.45. The standard InChI is InChI=1S/C20H36F3N5O2/c1-5-24-17(26-16-8-9-27(13-16)14-20(21,22)23)25-12-15-6-10-28(11-7-15)18(29)30-19(2,3)4/h15-16H,5-14H2,1-4H3,(H2,24,25,26). The third kappa shape index (κ3) is 8.97.